The lowest BCUT2D eigenvalue weighted by Crippen LogP contribution is -2.39. The highest BCUT2D eigenvalue weighted by atomic mass is 35.5. The summed E-state index contributed by atoms with van der Waals surface area (Å²) in [7, 11) is 0. The molecule has 2 aromatic rings. The van der Waals surface area contributed by atoms with E-state index < -0.39 is 11.9 Å². The van der Waals surface area contributed by atoms with Crippen LogP contribution >= 0.6 is 11.6 Å². The highest BCUT2D eigenvalue weighted by Gasteiger charge is 2.29. The van der Waals surface area contributed by atoms with Crippen LogP contribution in [0.5, 0.6) is 0 Å². The molecule has 0 aromatic heterocycles. The number of nitrogens with zero attached hydrogens (tertiary/aromatic N) is 1. The molecule has 1 heterocycles. The molecule has 1 amide bonds. The van der Waals surface area contributed by atoms with Gasteiger partial charge in [-0.1, -0.05) is 41.9 Å². The molecule has 5 heteroatoms. The van der Waals surface area contributed by atoms with Gasteiger partial charge in [0.1, 0.15) is 5.82 Å². The minimum Gasteiger partial charge on any atom is -0.388 e. The molecular formula is C19H19ClFNO2. The summed E-state index contributed by atoms with van der Waals surface area (Å²) in [6.07, 6.45) is 0.930. The molecule has 1 fully saturated rings. The van der Waals surface area contributed by atoms with Crippen LogP contribution in [0.4, 0.5) is 4.39 Å². The van der Waals surface area contributed by atoms with Crippen LogP contribution in [0.3, 0.4) is 0 Å². The zero-order valence-electron chi connectivity index (χ0n) is 13.2. The maximum atomic E-state index is 13.1. The number of amides is 1. The Hall–Kier alpha value is -1.91. The summed E-state index contributed by atoms with van der Waals surface area (Å²) in [4.78, 5) is 14.3. The van der Waals surface area contributed by atoms with E-state index in [-0.39, 0.29) is 16.8 Å². The van der Waals surface area contributed by atoms with Crippen LogP contribution in [0, 0.1) is 11.7 Å². The van der Waals surface area contributed by atoms with Gasteiger partial charge < -0.3 is 10.0 Å². The van der Waals surface area contributed by atoms with Crippen molar-refractivity contribution in [1.29, 1.82) is 0 Å². The average Bonchev–Trinajstić information content (AvgIpc) is 2.61. The van der Waals surface area contributed by atoms with Gasteiger partial charge in [0.25, 0.3) is 5.91 Å². The van der Waals surface area contributed by atoms with Crippen molar-refractivity contribution in [3.8, 4) is 0 Å². The number of hydrogen-bond donors (Lipinski definition) is 1. The Morgan fingerprint density at radius 3 is 2.46 bits per heavy atom. The van der Waals surface area contributed by atoms with E-state index >= 15 is 0 Å². The van der Waals surface area contributed by atoms with Crippen molar-refractivity contribution in [3.63, 3.8) is 0 Å². The maximum Gasteiger partial charge on any atom is 0.255 e. The van der Waals surface area contributed by atoms with Gasteiger partial charge in [-0.2, -0.15) is 0 Å². The normalized spacial score (nSPS) is 16.9. The number of hydrogen-bond acceptors (Lipinski definition) is 2. The predicted octanol–water partition coefficient (Wildman–Crippen LogP) is 4.06. The van der Waals surface area contributed by atoms with Crippen LogP contribution in [0.1, 0.15) is 34.9 Å². The van der Waals surface area contributed by atoms with Crippen LogP contribution in [-0.2, 0) is 0 Å². The van der Waals surface area contributed by atoms with E-state index in [0.29, 0.717) is 18.7 Å². The lowest BCUT2D eigenvalue weighted by atomic mass is 9.87. The van der Waals surface area contributed by atoms with E-state index in [0.717, 1.165) is 24.5 Å². The largest absolute Gasteiger partial charge is 0.388 e. The molecule has 1 atom stereocenters. The average molecular weight is 348 g/mol. The van der Waals surface area contributed by atoms with E-state index in [9.17, 15) is 14.3 Å². The van der Waals surface area contributed by atoms with Crippen molar-refractivity contribution in [2.75, 3.05) is 13.1 Å². The zero-order valence-corrected chi connectivity index (χ0v) is 13.9. The molecule has 1 aliphatic heterocycles. The number of piperidine rings is 1. The Morgan fingerprint density at radius 1 is 1.17 bits per heavy atom. The molecule has 0 unspecified atom stereocenters. The number of halogens is 2. The third-order valence-corrected chi connectivity index (χ3v) is 4.89. The van der Waals surface area contributed by atoms with E-state index in [4.69, 9.17) is 11.6 Å². The fourth-order valence-corrected chi connectivity index (χ4v) is 3.42. The minimum absolute atomic E-state index is 0.125. The van der Waals surface area contributed by atoms with E-state index in [1.165, 1.54) is 12.1 Å². The van der Waals surface area contributed by atoms with Crippen LogP contribution in [-0.4, -0.2) is 29.0 Å². The lowest BCUT2D eigenvalue weighted by Gasteiger charge is -2.34. The number of likely N-dealkylation sites (tertiary alicyclic amines) is 1. The van der Waals surface area contributed by atoms with Crippen molar-refractivity contribution >= 4 is 17.5 Å². The molecule has 3 rings (SSSR count). The Bertz CT molecular complexity index is 715. The van der Waals surface area contributed by atoms with Gasteiger partial charge in [-0.15, -0.1) is 0 Å². The lowest BCUT2D eigenvalue weighted by molar-refractivity contribution is 0.0462. The predicted molar refractivity (Wildman–Crippen MR) is 91.4 cm³/mol. The molecule has 0 bridgehead atoms. The summed E-state index contributed by atoms with van der Waals surface area (Å²) in [6, 6.07) is 13.4. The molecular weight excluding hydrogens is 329 g/mol. The highest BCUT2D eigenvalue weighted by Crippen LogP contribution is 2.31. The first-order valence-corrected chi connectivity index (χ1v) is 8.41. The molecule has 0 aliphatic carbocycles. The molecule has 1 saturated heterocycles. The Balaban J connectivity index is 1.63. The Kier molecular flexibility index (Phi) is 5.17. The first-order valence-electron chi connectivity index (χ1n) is 8.03. The smallest absolute Gasteiger partial charge is 0.255 e. The van der Waals surface area contributed by atoms with Crippen molar-refractivity contribution in [2.45, 2.75) is 18.9 Å². The van der Waals surface area contributed by atoms with E-state index in [1.807, 2.05) is 30.3 Å². The van der Waals surface area contributed by atoms with Gasteiger partial charge in [0.2, 0.25) is 0 Å². The van der Waals surface area contributed by atoms with Crippen molar-refractivity contribution in [1.82, 2.24) is 4.90 Å². The van der Waals surface area contributed by atoms with Gasteiger partial charge in [-0.05, 0) is 42.5 Å². The van der Waals surface area contributed by atoms with Gasteiger partial charge in [0, 0.05) is 13.1 Å². The highest BCUT2D eigenvalue weighted by molar-refractivity contribution is 6.33. The van der Waals surface area contributed by atoms with Crippen molar-refractivity contribution in [2.24, 2.45) is 5.92 Å². The SMILES string of the molecule is O=C(c1ccc(F)cc1Cl)N1CCC([C@H](O)c2ccccc2)CC1. The zero-order chi connectivity index (χ0) is 17.1. The number of carbonyl (C=O) groups is 1. The monoisotopic (exact) mass is 347 g/mol. The van der Waals surface area contributed by atoms with Gasteiger partial charge in [-0.25, -0.2) is 4.39 Å². The Morgan fingerprint density at radius 2 is 1.83 bits per heavy atom. The van der Waals surface area contributed by atoms with Gasteiger partial charge in [-0.3, -0.25) is 4.79 Å². The van der Waals surface area contributed by atoms with E-state index in [1.54, 1.807) is 4.90 Å². The molecule has 1 N–H and O–H groups in total. The van der Waals surface area contributed by atoms with Gasteiger partial charge in [0.05, 0.1) is 16.7 Å². The summed E-state index contributed by atoms with van der Waals surface area (Å²) in [5, 5.41) is 10.6. The second-order valence-corrected chi connectivity index (χ2v) is 6.52. The molecule has 0 saturated carbocycles. The standard InChI is InChI=1S/C19H19ClFNO2/c20-17-12-15(21)6-7-16(17)19(24)22-10-8-14(9-11-22)18(23)13-4-2-1-3-5-13/h1-7,12,14,18,23H,8-11H2/t18-/m1/s1. The van der Waals surface area contributed by atoms with E-state index in [2.05, 4.69) is 0 Å². The summed E-state index contributed by atoms with van der Waals surface area (Å²) < 4.78 is 13.1. The second kappa shape index (κ2) is 7.32. The first-order chi connectivity index (χ1) is 11.6. The van der Waals surface area contributed by atoms with Gasteiger partial charge >= 0.3 is 0 Å². The van der Waals surface area contributed by atoms with Crippen LogP contribution in [0.15, 0.2) is 48.5 Å². The molecule has 3 nitrogen and oxygen atoms in total. The molecule has 0 spiro atoms. The summed E-state index contributed by atoms with van der Waals surface area (Å²) in [6.45, 7) is 1.11. The topological polar surface area (TPSA) is 40.5 Å². The fourth-order valence-electron chi connectivity index (χ4n) is 3.17. The Labute approximate surface area is 145 Å². The molecule has 2 aromatic carbocycles. The van der Waals surface area contributed by atoms with Crippen LogP contribution in [0.2, 0.25) is 5.02 Å². The maximum absolute atomic E-state index is 13.1. The molecule has 1 aliphatic rings. The first kappa shape index (κ1) is 16.9. The second-order valence-electron chi connectivity index (χ2n) is 6.11. The third kappa shape index (κ3) is 3.60. The molecule has 126 valence electrons. The number of aliphatic hydroxyl groups excluding tert-OH is 1. The van der Waals surface area contributed by atoms with Crippen LogP contribution in [0.25, 0.3) is 0 Å². The number of carbonyl (C=O) groups excluding carboxylic acids is 1. The summed E-state index contributed by atoms with van der Waals surface area (Å²) >= 11 is 5.98. The van der Waals surface area contributed by atoms with Crippen molar-refractivity contribution in [3.05, 3.63) is 70.5 Å². The number of benzene rings is 2. The fraction of sp³-hybridized carbons (Fsp3) is 0.316. The summed E-state index contributed by atoms with van der Waals surface area (Å²) in [5.41, 5.74) is 1.23. The van der Waals surface area contributed by atoms with Gasteiger partial charge in [0.15, 0.2) is 0 Å². The molecule has 24 heavy (non-hydrogen) atoms. The third-order valence-electron chi connectivity index (χ3n) is 4.58. The quantitative estimate of drug-likeness (QED) is 0.909. The minimum atomic E-state index is -0.516. The molecule has 0 radical (unpaired) electrons. The summed E-state index contributed by atoms with van der Waals surface area (Å²) in [5.74, 6) is -0.519. The number of aliphatic hydroxyl groups is 1. The van der Waals surface area contributed by atoms with Crippen LogP contribution < -0.4 is 0 Å². The number of rotatable bonds is 3. The van der Waals surface area contributed by atoms with Crippen molar-refractivity contribution < 1.29 is 14.3 Å².